The normalized spacial score (nSPS) is 20.3. The van der Waals surface area contributed by atoms with E-state index < -0.39 is 64.6 Å². The van der Waals surface area contributed by atoms with Gasteiger partial charge >= 0.3 is 18.3 Å². The maximum absolute atomic E-state index is 14.2. The predicted octanol–water partition coefficient (Wildman–Crippen LogP) is 6.46. The van der Waals surface area contributed by atoms with Crippen LogP contribution in [0, 0.1) is 29.5 Å². The van der Waals surface area contributed by atoms with Gasteiger partial charge in [-0.1, -0.05) is 18.4 Å². The monoisotopic (exact) mass is 515 g/mol. The molecule has 4 nitrogen and oxygen atoms in total. The van der Waals surface area contributed by atoms with E-state index >= 15 is 0 Å². The fourth-order valence-electron chi connectivity index (χ4n) is 4.51. The van der Waals surface area contributed by atoms with Gasteiger partial charge in [0.05, 0.1) is 28.7 Å². The largest absolute Gasteiger partial charge is 0.481 e. The van der Waals surface area contributed by atoms with E-state index in [-0.39, 0.29) is 30.0 Å². The van der Waals surface area contributed by atoms with Crippen molar-refractivity contribution in [1.82, 2.24) is 0 Å². The lowest BCUT2D eigenvalue weighted by atomic mass is 9.68. The highest BCUT2D eigenvalue weighted by molar-refractivity contribution is 5.95. The first-order valence-electron chi connectivity index (χ1n) is 10.8. The number of hydrogen-bond acceptors (Lipinski definition) is 2. The minimum absolute atomic E-state index is 0.0871. The SMILES string of the molecule is CC#Cc1cc([C@H]2CCCC(C(=O)Nc3ccc(C(F)(F)F)cc3F)C2C(=O)O)ccc1C(F)(F)F. The summed E-state index contributed by atoms with van der Waals surface area (Å²) in [6.07, 6.45) is -8.77. The van der Waals surface area contributed by atoms with Crippen molar-refractivity contribution in [2.24, 2.45) is 11.8 Å². The van der Waals surface area contributed by atoms with Crippen molar-refractivity contribution in [3.63, 3.8) is 0 Å². The molecule has 0 bridgehead atoms. The van der Waals surface area contributed by atoms with Gasteiger partial charge in [-0.25, -0.2) is 4.39 Å². The number of aliphatic carboxylic acids is 1. The number of rotatable bonds is 4. The summed E-state index contributed by atoms with van der Waals surface area (Å²) < 4.78 is 92.6. The van der Waals surface area contributed by atoms with Gasteiger partial charge in [0.25, 0.3) is 0 Å². The number of halogens is 7. The van der Waals surface area contributed by atoms with Gasteiger partial charge in [-0.15, -0.1) is 5.92 Å². The minimum Gasteiger partial charge on any atom is -0.481 e. The second-order valence-electron chi connectivity index (χ2n) is 8.37. The summed E-state index contributed by atoms with van der Waals surface area (Å²) in [6.45, 7) is 1.36. The molecule has 2 N–H and O–H groups in total. The van der Waals surface area contributed by atoms with Gasteiger partial charge in [0, 0.05) is 5.56 Å². The van der Waals surface area contributed by atoms with E-state index in [4.69, 9.17) is 0 Å². The molecule has 0 radical (unpaired) electrons. The zero-order valence-corrected chi connectivity index (χ0v) is 18.7. The molecule has 11 heteroatoms. The number of amides is 1. The van der Waals surface area contributed by atoms with E-state index in [0.29, 0.717) is 12.5 Å². The molecule has 1 aliphatic carbocycles. The van der Waals surface area contributed by atoms with Gasteiger partial charge in [-0.3, -0.25) is 9.59 Å². The van der Waals surface area contributed by atoms with Crippen LogP contribution in [0.1, 0.15) is 54.4 Å². The lowest BCUT2D eigenvalue weighted by molar-refractivity contribution is -0.149. The molecular weight excluding hydrogens is 495 g/mol. The number of anilines is 1. The van der Waals surface area contributed by atoms with E-state index in [1.165, 1.54) is 6.92 Å². The van der Waals surface area contributed by atoms with Crippen LogP contribution in [0.3, 0.4) is 0 Å². The Morgan fingerprint density at radius 3 is 2.25 bits per heavy atom. The molecule has 1 amide bonds. The number of carboxylic acid groups (broad SMARTS) is 1. The van der Waals surface area contributed by atoms with Crippen LogP contribution in [0.5, 0.6) is 0 Å². The third-order valence-electron chi connectivity index (χ3n) is 6.11. The van der Waals surface area contributed by atoms with Gasteiger partial charge in [0.15, 0.2) is 0 Å². The van der Waals surface area contributed by atoms with Gasteiger partial charge in [-0.05, 0) is 61.6 Å². The number of carbonyl (C=O) groups is 2. The van der Waals surface area contributed by atoms with Crippen molar-refractivity contribution in [1.29, 1.82) is 0 Å². The number of benzene rings is 2. The predicted molar refractivity (Wildman–Crippen MR) is 115 cm³/mol. The highest BCUT2D eigenvalue weighted by Crippen LogP contribution is 2.44. The van der Waals surface area contributed by atoms with E-state index in [0.717, 1.165) is 24.3 Å². The Morgan fingerprint density at radius 1 is 1.00 bits per heavy atom. The molecule has 0 spiro atoms. The van der Waals surface area contributed by atoms with Crippen LogP contribution < -0.4 is 5.32 Å². The molecule has 2 aromatic carbocycles. The number of carboxylic acids is 1. The van der Waals surface area contributed by atoms with Crippen LogP contribution in [0.15, 0.2) is 36.4 Å². The van der Waals surface area contributed by atoms with Crippen molar-refractivity contribution in [3.8, 4) is 11.8 Å². The van der Waals surface area contributed by atoms with Crippen molar-refractivity contribution in [2.45, 2.75) is 44.5 Å². The third-order valence-corrected chi connectivity index (χ3v) is 6.11. The molecule has 3 rings (SSSR count). The van der Waals surface area contributed by atoms with Crippen molar-refractivity contribution in [2.75, 3.05) is 5.32 Å². The van der Waals surface area contributed by atoms with Crippen LogP contribution in [-0.4, -0.2) is 17.0 Å². The summed E-state index contributed by atoms with van der Waals surface area (Å²) >= 11 is 0. The summed E-state index contributed by atoms with van der Waals surface area (Å²) in [5, 5.41) is 12.1. The molecule has 0 saturated heterocycles. The first-order chi connectivity index (χ1) is 16.7. The Bertz CT molecular complexity index is 1220. The number of carbonyl (C=O) groups excluding carboxylic acids is 1. The topological polar surface area (TPSA) is 66.4 Å². The maximum Gasteiger partial charge on any atom is 0.417 e. The molecule has 3 atom stereocenters. The molecule has 0 aromatic heterocycles. The molecule has 1 fully saturated rings. The summed E-state index contributed by atoms with van der Waals surface area (Å²) in [4.78, 5) is 25.1. The standard InChI is InChI=1S/C25H20F7NO3/c1-2-4-14-11-13(7-9-18(14)25(30,31)32)16-5-3-6-17(21(16)23(35)36)22(34)33-20-10-8-15(12-19(20)26)24(27,28)29/h7-12,16-17,21H,3,5-6H2,1H3,(H,33,34)(H,35,36)/t16-,17?,21?/m1/s1. The summed E-state index contributed by atoms with van der Waals surface area (Å²) in [6, 6.07) is 4.66. The average Bonchev–Trinajstić information content (AvgIpc) is 2.78. The number of hydrogen-bond donors (Lipinski definition) is 2. The van der Waals surface area contributed by atoms with E-state index in [2.05, 4.69) is 17.2 Å². The average molecular weight is 515 g/mol. The molecule has 0 heterocycles. The highest BCUT2D eigenvalue weighted by atomic mass is 19.4. The second kappa shape index (κ2) is 10.2. The fourth-order valence-corrected chi connectivity index (χ4v) is 4.51. The van der Waals surface area contributed by atoms with E-state index in [1.807, 2.05) is 0 Å². The molecule has 192 valence electrons. The zero-order valence-electron chi connectivity index (χ0n) is 18.7. The van der Waals surface area contributed by atoms with Crippen LogP contribution >= 0.6 is 0 Å². The lowest BCUT2D eigenvalue weighted by Gasteiger charge is -2.35. The quantitative estimate of drug-likeness (QED) is 0.363. The Hall–Kier alpha value is -3.55. The first kappa shape index (κ1) is 27.0. The van der Waals surface area contributed by atoms with Crippen molar-refractivity contribution in [3.05, 3.63) is 64.5 Å². The molecule has 1 aliphatic rings. The summed E-state index contributed by atoms with van der Waals surface area (Å²) in [5.41, 5.74) is -2.85. The molecule has 2 unspecified atom stereocenters. The van der Waals surface area contributed by atoms with Gasteiger partial charge in [-0.2, -0.15) is 26.3 Å². The summed E-state index contributed by atoms with van der Waals surface area (Å²) in [5.74, 6) is -2.27. The number of alkyl halides is 6. The smallest absolute Gasteiger partial charge is 0.417 e. The Balaban J connectivity index is 1.92. The summed E-state index contributed by atoms with van der Waals surface area (Å²) in [7, 11) is 0. The third kappa shape index (κ3) is 5.80. The Labute approximate surface area is 201 Å². The van der Waals surface area contributed by atoms with Gasteiger partial charge < -0.3 is 10.4 Å². The van der Waals surface area contributed by atoms with Crippen LogP contribution in [0.4, 0.5) is 36.4 Å². The molecule has 1 saturated carbocycles. The zero-order chi connectivity index (χ0) is 26.8. The molecular formula is C25H20F7NO3. The Morgan fingerprint density at radius 2 is 1.69 bits per heavy atom. The maximum atomic E-state index is 14.2. The van der Waals surface area contributed by atoms with Crippen molar-refractivity contribution < 1.29 is 45.4 Å². The van der Waals surface area contributed by atoms with Crippen molar-refractivity contribution >= 4 is 17.6 Å². The second-order valence-corrected chi connectivity index (χ2v) is 8.37. The van der Waals surface area contributed by atoms with E-state index in [1.54, 1.807) is 0 Å². The highest BCUT2D eigenvalue weighted by Gasteiger charge is 2.44. The fraction of sp³-hybridized carbons (Fsp3) is 0.360. The molecule has 2 aromatic rings. The van der Waals surface area contributed by atoms with E-state index in [9.17, 15) is 45.4 Å². The first-order valence-corrected chi connectivity index (χ1v) is 10.8. The van der Waals surface area contributed by atoms with Crippen LogP contribution in [0.2, 0.25) is 0 Å². The van der Waals surface area contributed by atoms with Gasteiger partial charge in [0.2, 0.25) is 5.91 Å². The molecule has 36 heavy (non-hydrogen) atoms. The van der Waals surface area contributed by atoms with Gasteiger partial charge in [0.1, 0.15) is 5.82 Å². The van der Waals surface area contributed by atoms with Crippen LogP contribution in [0.25, 0.3) is 0 Å². The Kier molecular flexibility index (Phi) is 7.67. The lowest BCUT2D eigenvalue weighted by Crippen LogP contribution is -2.40. The number of nitrogens with one attached hydrogen (secondary N) is 1. The van der Waals surface area contributed by atoms with Crippen LogP contribution in [-0.2, 0) is 21.9 Å². The molecule has 0 aliphatic heterocycles. The minimum atomic E-state index is -4.79.